The number of amides is 1. The van der Waals surface area contributed by atoms with Crippen LogP contribution in [0, 0.1) is 23.3 Å². The fraction of sp³-hybridized carbons (Fsp3) is 0.174. The van der Waals surface area contributed by atoms with Crippen LogP contribution >= 0.6 is 11.6 Å². The van der Waals surface area contributed by atoms with E-state index in [2.05, 4.69) is 0 Å². The van der Waals surface area contributed by atoms with Crippen molar-refractivity contribution in [2.75, 3.05) is 19.6 Å². The van der Waals surface area contributed by atoms with Crippen molar-refractivity contribution in [2.24, 2.45) is 5.73 Å². The van der Waals surface area contributed by atoms with Crippen molar-refractivity contribution in [1.82, 2.24) is 8.61 Å². The average molecular weight is 624 g/mol. The molecule has 1 fully saturated rings. The lowest BCUT2D eigenvalue weighted by atomic mass is 10.2. The Morgan fingerprint density at radius 2 is 1.38 bits per heavy atom. The molecule has 1 atom stereocenters. The zero-order valence-corrected chi connectivity index (χ0v) is 22.3. The molecule has 0 bridgehead atoms. The van der Waals surface area contributed by atoms with Crippen LogP contribution in [0.3, 0.4) is 0 Å². The minimum atomic E-state index is -4.84. The normalized spacial score (nSPS) is 17.1. The van der Waals surface area contributed by atoms with E-state index in [-0.39, 0.29) is 5.75 Å². The van der Waals surface area contributed by atoms with Crippen LogP contribution in [-0.4, -0.2) is 62.1 Å². The van der Waals surface area contributed by atoms with E-state index in [9.17, 15) is 44.3 Å². The Labute approximate surface area is 230 Å². The molecule has 1 saturated heterocycles. The van der Waals surface area contributed by atoms with Gasteiger partial charge in [0.2, 0.25) is 26.0 Å². The first-order valence-corrected chi connectivity index (χ1v) is 14.3. The third-order valence-corrected chi connectivity index (χ3v) is 9.84. The molecule has 40 heavy (non-hydrogen) atoms. The molecule has 4 rings (SSSR count). The van der Waals surface area contributed by atoms with Crippen LogP contribution in [0.1, 0.15) is 0 Å². The number of carbonyl (C=O) groups excluding carboxylic acids is 1. The summed E-state index contributed by atoms with van der Waals surface area (Å²) in [5.74, 6) is -9.58. The number of piperazine rings is 1. The molecule has 0 saturated carbocycles. The summed E-state index contributed by atoms with van der Waals surface area (Å²) in [6.07, 6.45) is 0. The van der Waals surface area contributed by atoms with E-state index in [0.29, 0.717) is 37.9 Å². The number of hydrogen-bond donors (Lipinski definition) is 2. The molecular formula is C23H18ClF4N3O7S2. The largest absolute Gasteiger partial charge is 0.503 e. The van der Waals surface area contributed by atoms with Gasteiger partial charge in [0.25, 0.3) is 0 Å². The Hall–Kier alpha value is -3.44. The Morgan fingerprint density at radius 3 is 1.90 bits per heavy atom. The van der Waals surface area contributed by atoms with Gasteiger partial charge in [0, 0.05) is 24.7 Å². The zero-order valence-electron chi connectivity index (χ0n) is 19.9. The van der Waals surface area contributed by atoms with Crippen molar-refractivity contribution in [3.63, 3.8) is 0 Å². The highest BCUT2D eigenvalue weighted by atomic mass is 35.5. The van der Waals surface area contributed by atoms with Crippen LogP contribution < -0.4 is 10.5 Å². The van der Waals surface area contributed by atoms with E-state index in [0.717, 1.165) is 0 Å². The van der Waals surface area contributed by atoms with Crippen LogP contribution in [0.2, 0.25) is 5.02 Å². The van der Waals surface area contributed by atoms with Crippen LogP contribution in [0.25, 0.3) is 0 Å². The molecule has 0 unspecified atom stereocenters. The highest BCUT2D eigenvalue weighted by Crippen LogP contribution is 2.33. The van der Waals surface area contributed by atoms with Gasteiger partial charge in [-0.1, -0.05) is 11.6 Å². The third kappa shape index (κ3) is 5.57. The summed E-state index contributed by atoms with van der Waals surface area (Å²) >= 11 is 5.76. The molecular weight excluding hydrogens is 606 g/mol. The summed E-state index contributed by atoms with van der Waals surface area (Å²) in [7, 11) is -9.55. The number of sulfonamides is 2. The van der Waals surface area contributed by atoms with E-state index in [1.165, 1.54) is 24.3 Å². The third-order valence-electron chi connectivity index (χ3n) is 5.86. The topological polar surface area (TPSA) is 147 Å². The Kier molecular flexibility index (Phi) is 8.01. The van der Waals surface area contributed by atoms with Crippen LogP contribution in [0.15, 0.2) is 58.3 Å². The van der Waals surface area contributed by atoms with Crippen molar-refractivity contribution in [2.45, 2.75) is 15.8 Å². The summed E-state index contributed by atoms with van der Waals surface area (Å²) in [6.45, 7) is -2.23. The Bertz CT molecular complexity index is 1660. The standard InChI is InChI=1S/C23H18ClF4N3O7S2/c24-12-1-3-13(4-2-12)38-22-18(27)9-15(10-19(22)28)40(36,37)31-6-5-30(11-20(31)23(29)33)39(34,35)14-7-16(25)21(32)17(26)8-14/h1-4,7-10,20,32H,5-6,11H2,(H2,29,33)/t20-/m1/s1. The number of hydrogen-bond acceptors (Lipinski definition) is 7. The van der Waals surface area contributed by atoms with Gasteiger partial charge in [-0.2, -0.15) is 8.61 Å². The molecule has 1 heterocycles. The van der Waals surface area contributed by atoms with E-state index < -0.39 is 96.2 Å². The Morgan fingerprint density at radius 1 is 0.875 bits per heavy atom. The number of ether oxygens (including phenoxy) is 1. The zero-order chi connectivity index (χ0) is 29.6. The average Bonchev–Trinajstić information content (AvgIpc) is 2.89. The minimum Gasteiger partial charge on any atom is -0.503 e. The molecule has 1 amide bonds. The van der Waals surface area contributed by atoms with Gasteiger partial charge in [-0.15, -0.1) is 0 Å². The van der Waals surface area contributed by atoms with Crippen molar-refractivity contribution >= 4 is 37.6 Å². The quantitative estimate of drug-likeness (QED) is 0.385. The molecule has 17 heteroatoms. The maximum Gasteiger partial charge on any atom is 0.244 e. The number of rotatable bonds is 7. The van der Waals surface area contributed by atoms with Crippen molar-refractivity contribution in [3.05, 3.63) is 76.8 Å². The number of benzene rings is 3. The number of aromatic hydroxyl groups is 1. The summed E-state index contributed by atoms with van der Waals surface area (Å²) < 4.78 is 116. The first-order chi connectivity index (χ1) is 18.6. The highest BCUT2D eigenvalue weighted by Gasteiger charge is 2.43. The molecule has 3 aromatic rings. The summed E-state index contributed by atoms with van der Waals surface area (Å²) in [4.78, 5) is 10.3. The molecule has 3 N–H and O–H groups in total. The Balaban J connectivity index is 1.63. The fourth-order valence-corrected chi connectivity index (χ4v) is 7.05. The van der Waals surface area contributed by atoms with Crippen LogP contribution in [-0.2, 0) is 24.8 Å². The maximum absolute atomic E-state index is 14.8. The highest BCUT2D eigenvalue weighted by molar-refractivity contribution is 7.89. The van der Waals surface area contributed by atoms with Gasteiger partial charge in [0.15, 0.2) is 34.8 Å². The van der Waals surface area contributed by atoms with Gasteiger partial charge >= 0.3 is 0 Å². The molecule has 0 aromatic heterocycles. The molecule has 0 aliphatic carbocycles. The van der Waals surface area contributed by atoms with Gasteiger partial charge in [-0.05, 0) is 48.5 Å². The van der Waals surface area contributed by atoms with Crippen molar-refractivity contribution in [3.8, 4) is 17.2 Å². The van der Waals surface area contributed by atoms with Gasteiger partial charge in [0.1, 0.15) is 11.8 Å². The molecule has 0 radical (unpaired) electrons. The summed E-state index contributed by atoms with van der Waals surface area (Å²) in [5.41, 5.74) is 5.33. The first kappa shape index (κ1) is 29.5. The van der Waals surface area contributed by atoms with E-state index in [1.807, 2.05) is 0 Å². The van der Waals surface area contributed by atoms with Gasteiger partial charge < -0.3 is 15.6 Å². The lowest BCUT2D eigenvalue weighted by Gasteiger charge is -2.38. The van der Waals surface area contributed by atoms with Crippen molar-refractivity contribution < 1.29 is 49.0 Å². The van der Waals surface area contributed by atoms with Gasteiger partial charge in [-0.25, -0.2) is 34.4 Å². The second-order valence-electron chi connectivity index (χ2n) is 8.40. The van der Waals surface area contributed by atoms with Crippen LogP contribution in [0.5, 0.6) is 17.2 Å². The number of primary amides is 1. The number of phenolic OH excluding ortho intramolecular Hbond substituents is 1. The van der Waals surface area contributed by atoms with E-state index >= 15 is 0 Å². The van der Waals surface area contributed by atoms with Crippen LogP contribution in [0.4, 0.5) is 17.6 Å². The summed E-state index contributed by atoms with van der Waals surface area (Å²) in [5, 5.41) is 9.56. The lowest BCUT2D eigenvalue weighted by molar-refractivity contribution is -0.122. The molecule has 214 valence electrons. The number of phenols is 1. The predicted molar refractivity (Wildman–Crippen MR) is 132 cm³/mol. The molecule has 10 nitrogen and oxygen atoms in total. The van der Waals surface area contributed by atoms with Crippen molar-refractivity contribution in [1.29, 1.82) is 0 Å². The smallest absolute Gasteiger partial charge is 0.244 e. The monoisotopic (exact) mass is 623 g/mol. The number of carbonyl (C=O) groups is 1. The number of halogens is 5. The second-order valence-corrected chi connectivity index (χ2v) is 12.7. The predicted octanol–water partition coefficient (Wildman–Crippen LogP) is 2.94. The molecule has 3 aromatic carbocycles. The summed E-state index contributed by atoms with van der Waals surface area (Å²) in [6, 6.07) is 5.14. The number of nitrogens with zero attached hydrogens (tertiary/aromatic N) is 2. The second kappa shape index (κ2) is 10.9. The maximum atomic E-state index is 14.8. The lowest BCUT2D eigenvalue weighted by Crippen LogP contribution is -2.60. The SMILES string of the molecule is NC(=O)[C@H]1CN(S(=O)(=O)c2cc(F)c(O)c(F)c2)CCN1S(=O)(=O)c1cc(F)c(Oc2ccc(Cl)cc2)c(F)c1. The first-order valence-electron chi connectivity index (χ1n) is 11.0. The minimum absolute atomic E-state index is 0.00248. The molecule has 1 aliphatic heterocycles. The fourth-order valence-electron chi connectivity index (χ4n) is 3.86. The molecule has 0 spiro atoms. The molecule has 1 aliphatic rings. The number of nitrogens with two attached hydrogens (primary N) is 1. The van der Waals surface area contributed by atoms with Gasteiger partial charge in [-0.3, -0.25) is 4.79 Å². The van der Waals surface area contributed by atoms with E-state index in [4.69, 9.17) is 22.1 Å². The van der Waals surface area contributed by atoms with Gasteiger partial charge in [0.05, 0.1) is 9.79 Å². The van der Waals surface area contributed by atoms with E-state index in [1.54, 1.807) is 0 Å².